The van der Waals surface area contributed by atoms with Crippen molar-refractivity contribution >= 4 is 29.2 Å². The smallest absolute Gasteiger partial charge is 0.242 e. The average Bonchev–Trinajstić information content (AvgIpc) is 2.73. The Morgan fingerprint density at radius 1 is 1.35 bits per heavy atom. The molecule has 20 heavy (non-hydrogen) atoms. The van der Waals surface area contributed by atoms with E-state index in [-0.39, 0.29) is 22.7 Å². The Bertz CT molecular complexity index is 703. The van der Waals surface area contributed by atoms with Crippen LogP contribution in [0.15, 0.2) is 12.1 Å². The molecule has 4 nitrogen and oxygen atoms in total. The molecule has 0 bridgehead atoms. The second-order valence-corrected chi connectivity index (χ2v) is 4.73. The Morgan fingerprint density at radius 3 is 2.60 bits per heavy atom. The zero-order valence-electron chi connectivity index (χ0n) is 11.2. The molecule has 0 aliphatic heterocycles. The van der Waals surface area contributed by atoms with Crippen molar-refractivity contribution in [2.45, 2.75) is 20.4 Å². The maximum atomic E-state index is 13.9. The van der Waals surface area contributed by atoms with Crippen LogP contribution in [0.3, 0.4) is 0 Å². The quantitative estimate of drug-likeness (QED) is 0.882. The molecule has 0 aliphatic carbocycles. The second-order valence-electron chi connectivity index (χ2n) is 4.34. The van der Waals surface area contributed by atoms with Crippen molar-refractivity contribution in [2.24, 2.45) is 0 Å². The molecule has 7 heteroatoms. The molecule has 0 spiro atoms. The third-order valence-electron chi connectivity index (χ3n) is 3.24. The van der Waals surface area contributed by atoms with Crippen LogP contribution < -0.4 is 0 Å². The molecular weight excluding hydrogens is 284 g/mol. The molecular formula is C13H15F2N3OS. The summed E-state index contributed by atoms with van der Waals surface area (Å²) < 4.78 is 28.7. The molecule has 2 aromatic rings. The van der Waals surface area contributed by atoms with E-state index in [1.165, 1.54) is 10.6 Å². The van der Waals surface area contributed by atoms with E-state index in [1.807, 2.05) is 13.8 Å². The second kappa shape index (κ2) is 5.70. The van der Waals surface area contributed by atoms with Crippen LogP contribution in [-0.2, 0) is 11.3 Å². The summed E-state index contributed by atoms with van der Waals surface area (Å²) in [6, 6.07) is 2.43. The summed E-state index contributed by atoms with van der Waals surface area (Å²) in [6.45, 7) is 4.72. The molecule has 0 saturated heterocycles. The first kappa shape index (κ1) is 14.6. The van der Waals surface area contributed by atoms with Gasteiger partial charge in [-0.1, -0.05) is 0 Å². The highest BCUT2D eigenvalue weighted by molar-refractivity contribution is 7.71. The zero-order chi connectivity index (χ0) is 14.9. The number of nitrogens with one attached hydrogen (secondary N) is 1. The molecule has 0 unspecified atom stereocenters. The van der Waals surface area contributed by atoms with Gasteiger partial charge >= 0.3 is 0 Å². The minimum absolute atomic E-state index is 0.00416. The van der Waals surface area contributed by atoms with Gasteiger partial charge in [-0.2, -0.15) is 0 Å². The summed E-state index contributed by atoms with van der Waals surface area (Å²) in [4.78, 5) is 16.5. The number of likely N-dealkylation sites (N-methyl/N-ethyl adjacent to an activating group) is 1. The Balaban J connectivity index is 2.49. The summed E-state index contributed by atoms with van der Waals surface area (Å²) in [6.07, 6.45) is 0. The molecule has 0 saturated carbocycles. The lowest BCUT2D eigenvalue weighted by Crippen LogP contribution is -2.33. The Kier molecular flexibility index (Phi) is 4.17. The van der Waals surface area contributed by atoms with Gasteiger partial charge in [0.05, 0.1) is 5.52 Å². The monoisotopic (exact) mass is 299 g/mol. The number of hydrogen-bond donors (Lipinski definition) is 1. The number of carbonyl (C=O) groups is 1. The highest BCUT2D eigenvalue weighted by Crippen LogP contribution is 2.20. The number of aromatic nitrogens is 2. The number of halogens is 2. The predicted molar refractivity (Wildman–Crippen MR) is 75.0 cm³/mol. The molecule has 1 amide bonds. The lowest BCUT2D eigenvalue weighted by molar-refractivity contribution is -0.131. The van der Waals surface area contributed by atoms with E-state index in [9.17, 15) is 13.6 Å². The highest BCUT2D eigenvalue weighted by atomic mass is 32.1. The van der Waals surface area contributed by atoms with Crippen LogP contribution in [0.1, 0.15) is 13.8 Å². The molecule has 1 heterocycles. The summed E-state index contributed by atoms with van der Waals surface area (Å²) in [5.74, 6) is -2.15. The molecule has 0 atom stereocenters. The summed E-state index contributed by atoms with van der Waals surface area (Å²) >= 11 is 5.08. The first-order chi connectivity index (χ1) is 9.49. The third kappa shape index (κ3) is 2.45. The van der Waals surface area contributed by atoms with E-state index in [1.54, 1.807) is 4.90 Å². The summed E-state index contributed by atoms with van der Waals surface area (Å²) in [5.41, 5.74) is 0.372. The van der Waals surface area contributed by atoms with E-state index in [0.29, 0.717) is 18.6 Å². The number of benzene rings is 1. The van der Waals surface area contributed by atoms with Gasteiger partial charge in [0.1, 0.15) is 12.1 Å². The number of hydrogen-bond acceptors (Lipinski definition) is 2. The summed E-state index contributed by atoms with van der Waals surface area (Å²) in [7, 11) is 0. The summed E-state index contributed by atoms with van der Waals surface area (Å²) in [5, 5.41) is 0. The minimum atomic E-state index is -0.998. The maximum Gasteiger partial charge on any atom is 0.242 e. The normalized spacial score (nSPS) is 11.0. The molecule has 2 rings (SSSR count). The number of aromatic amines is 1. The van der Waals surface area contributed by atoms with E-state index in [0.717, 1.165) is 6.07 Å². The number of H-pyrrole nitrogens is 1. The molecule has 1 aromatic heterocycles. The zero-order valence-corrected chi connectivity index (χ0v) is 12.1. The van der Waals surface area contributed by atoms with Crippen molar-refractivity contribution in [3.8, 4) is 0 Å². The van der Waals surface area contributed by atoms with Crippen LogP contribution in [0.4, 0.5) is 8.78 Å². The fraction of sp³-hybridized carbons (Fsp3) is 0.385. The number of imidazole rings is 1. The third-order valence-corrected chi connectivity index (χ3v) is 3.56. The molecule has 1 N–H and O–H groups in total. The Hall–Kier alpha value is -1.76. The van der Waals surface area contributed by atoms with Gasteiger partial charge in [-0.05, 0) is 38.2 Å². The van der Waals surface area contributed by atoms with Crippen molar-refractivity contribution in [3.63, 3.8) is 0 Å². The van der Waals surface area contributed by atoms with Gasteiger partial charge in [-0.25, -0.2) is 8.78 Å². The fourth-order valence-electron chi connectivity index (χ4n) is 2.15. The topological polar surface area (TPSA) is 41.0 Å². The van der Waals surface area contributed by atoms with Gasteiger partial charge in [0.2, 0.25) is 5.91 Å². The van der Waals surface area contributed by atoms with Gasteiger partial charge in [-0.15, -0.1) is 0 Å². The highest BCUT2D eigenvalue weighted by Gasteiger charge is 2.17. The molecule has 0 aliphatic rings. The number of carbonyl (C=O) groups excluding carboxylic acids is 1. The van der Waals surface area contributed by atoms with Crippen LogP contribution in [-0.4, -0.2) is 33.4 Å². The number of rotatable bonds is 4. The predicted octanol–water partition coefficient (Wildman–Crippen LogP) is 2.85. The lowest BCUT2D eigenvalue weighted by Gasteiger charge is -2.19. The average molecular weight is 299 g/mol. The van der Waals surface area contributed by atoms with E-state index < -0.39 is 11.6 Å². The SMILES string of the molecule is CCN(CC)C(=O)Cn1c(=S)[nH]c2ccc(F)c(F)c21. The lowest BCUT2D eigenvalue weighted by atomic mass is 10.3. The number of amides is 1. The van der Waals surface area contributed by atoms with E-state index >= 15 is 0 Å². The van der Waals surface area contributed by atoms with E-state index in [2.05, 4.69) is 4.98 Å². The van der Waals surface area contributed by atoms with Crippen molar-refractivity contribution in [1.82, 2.24) is 14.5 Å². The van der Waals surface area contributed by atoms with Crippen LogP contribution in [0.25, 0.3) is 11.0 Å². The van der Waals surface area contributed by atoms with Crippen molar-refractivity contribution < 1.29 is 13.6 Å². The molecule has 0 radical (unpaired) electrons. The van der Waals surface area contributed by atoms with Crippen LogP contribution in [0.2, 0.25) is 0 Å². The van der Waals surface area contributed by atoms with Crippen LogP contribution >= 0.6 is 12.2 Å². The van der Waals surface area contributed by atoms with Crippen molar-refractivity contribution in [3.05, 3.63) is 28.5 Å². The number of fused-ring (bicyclic) bond motifs is 1. The van der Waals surface area contributed by atoms with Gasteiger partial charge in [0.15, 0.2) is 16.4 Å². The van der Waals surface area contributed by atoms with Gasteiger partial charge < -0.3 is 14.5 Å². The number of nitrogens with zero attached hydrogens (tertiary/aromatic N) is 2. The Labute approximate surface area is 120 Å². The largest absolute Gasteiger partial charge is 0.342 e. The van der Waals surface area contributed by atoms with Crippen molar-refractivity contribution in [2.75, 3.05) is 13.1 Å². The van der Waals surface area contributed by atoms with E-state index in [4.69, 9.17) is 12.2 Å². The molecule has 108 valence electrons. The van der Waals surface area contributed by atoms with Gasteiger partial charge in [0, 0.05) is 13.1 Å². The first-order valence-electron chi connectivity index (χ1n) is 6.33. The van der Waals surface area contributed by atoms with Crippen molar-refractivity contribution in [1.29, 1.82) is 0 Å². The van der Waals surface area contributed by atoms with Crippen LogP contribution in [0, 0.1) is 16.4 Å². The molecule has 0 fully saturated rings. The first-order valence-corrected chi connectivity index (χ1v) is 6.74. The standard InChI is InChI=1S/C13H15F2N3OS/c1-3-17(4-2)10(19)7-18-12-9(16-13(18)20)6-5-8(14)11(12)15/h5-6H,3-4,7H2,1-2H3,(H,16,20). The maximum absolute atomic E-state index is 13.9. The van der Waals surface area contributed by atoms with Gasteiger partial charge in [-0.3, -0.25) is 4.79 Å². The fourth-order valence-corrected chi connectivity index (χ4v) is 2.42. The molecule has 1 aromatic carbocycles. The Morgan fingerprint density at radius 2 is 2.00 bits per heavy atom. The minimum Gasteiger partial charge on any atom is -0.342 e. The van der Waals surface area contributed by atoms with Crippen LogP contribution in [0.5, 0.6) is 0 Å². The van der Waals surface area contributed by atoms with Gasteiger partial charge in [0.25, 0.3) is 0 Å².